The molecular formula is C58H71N2S+. The molecule has 0 radical (unpaired) electrons. The first kappa shape index (κ1) is 43.3. The number of aryl methyl sites for hydroxylation is 1. The van der Waals surface area contributed by atoms with Gasteiger partial charge in [-0.3, -0.25) is 0 Å². The highest BCUT2D eigenvalue weighted by Crippen LogP contribution is 2.48. The van der Waals surface area contributed by atoms with Gasteiger partial charge in [-0.15, -0.1) is 0 Å². The van der Waals surface area contributed by atoms with Gasteiger partial charge in [0.1, 0.15) is 6.54 Å². The number of anilines is 1. The molecule has 0 fully saturated rings. The summed E-state index contributed by atoms with van der Waals surface area (Å²) in [5, 5.41) is 5.62. The number of fused-ring (bicyclic) bond motifs is 6. The van der Waals surface area contributed by atoms with E-state index in [4.69, 9.17) is 0 Å². The van der Waals surface area contributed by atoms with E-state index in [1.807, 2.05) is 11.8 Å². The summed E-state index contributed by atoms with van der Waals surface area (Å²) in [5.74, 6) is 0. The molecule has 4 aliphatic rings. The summed E-state index contributed by atoms with van der Waals surface area (Å²) in [4.78, 5) is 5.55. The maximum absolute atomic E-state index is 2.70. The Kier molecular flexibility index (Phi) is 13.5. The lowest BCUT2D eigenvalue weighted by atomic mass is 9.78. The van der Waals surface area contributed by atoms with Crippen molar-refractivity contribution >= 4 is 51.8 Å². The van der Waals surface area contributed by atoms with Crippen LogP contribution in [0.5, 0.6) is 0 Å². The number of rotatable bonds is 16. The van der Waals surface area contributed by atoms with E-state index in [0.29, 0.717) is 0 Å². The number of allylic oxidation sites excluding steroid dienone is 7. The first-order chi connectivity index (χ1) is 29.7. The molecule has 318 valence electrons. The Morgan fingerprint density at radius 2 is 1.48 bits per heavy atom. The van der Waals surface area contributed by atoms with E-state index in [0.717, 1.165) is 45.2 Å². The lowest BCUT2D eigenvalue weighted by Gasteiger charge is -2.28. The molecule has 0 N–H and O–H groups in total. The molecule has 3 heteroatoms. The fraction of sp³-hybridized carbons (Fsp3) is 0.431. The van der Waals surface area contributed by atoms with Gasteiger partial charge in [-0.25, -0.2) is 0 Å². The molecular weight excluding hydrogens is 757 g/mol. The summed E-state index contributed by atoms with van der Waals surface area (Å²) in [6.45, 7) is 19.0. The molecule has 0 amide bonds. The standard InChI is InChI=1S/C58H71N2S/c1-8-11-13-21-40-59-49-36-32-43-25-15-18-29-47(43)54(49)57(4,5)52(59)38-34-45-27-23-28-46(56(45)61-51-31-20-17-24-42(51)10-3)35-39-53-58(6,7)55-48-30-19-16-26-44(48)33-37-50(55)60(53)41-22-14-12-9-2/h15,17-18,20,24-26,29-39H,8-14,16,19,21-23,27-28,40-41H2,1-7H3/q+1. The lowest BCUT2D eigenvalue weighted by molar-refractivity contribution is -0.438. The van der Waals surface area contributed by atoms with Crippen molar-refractivity contribution in [1.29, 1.82) is 0 Å². The van der Waals surface area contributed by atoms with Crippen LogP contribution in [0.15, 0.2) is 124 Å². The number of benzene rings is 4. The molecule has 0 atom stereocenters. The van der Waals surface area contributed by atoms with Crippen LogP contribution in [0.25, 0.3) is 22.9 Å². The smallest absolute Gasteiger partial charge is 0.210 e. The average molecular weight is 828 g/mol. The molecule has 0 saturated heterocycles. The summed E-state index contributed by atoms with van der Waals surface area (Å²) in [6.07, 6.45) is 31.9. The van der Waals surface area contributed by atoms with Crippen molar-refractivity contribution in [3.8, 4) is 0 Å². The number of unbranched alkanes of at least 4 members (excludes halogenated alkanes) is 6. The molecule has 4 aromatic rings. The minimum Gasteiger partial charge on any atom is -0.344 e. The third kappa shape index (κ3) is 8.58. The minimum atomic E-state index is -0.115. The monoisotopic (exact) mass is 828 g/mol. The average Bonchev–Trinajstić information content (AvgIpc) is 3.63. The normalized spacial score (nSPS) is 19.2. The zero-order chi connectivity index (χ0) is 42.6. The fourth-order valence-corrected chi connectivity index (χ4v) is 12.2. The molecule has 2 heterocycles. The summed E-state index contributed by atoms with van der Waals surface area (Å²) in [7, 11) is 0. The Bertz CT molecular complexity index is 2550. The van der Waals surface area contributed by atoms with Gasteiger partial charge in [0.15, 0.2) is 5.71 Å². The Hall–Kier alpha value is -4.34. The van der Waals surface area contributed by atoms with Gasteiger partial charge in [0.25, 0.3) is 0 Å². The molecule has 2 aliphatic heterocycles. The van der Waals surface area contributed by atoms with E-state index < -0.39 is 0 Å². The van der Waals surface area contributed by atoms with Gasteiger partial charge in [-0.1, -0.05) is 151 Å². The van der Waals surface area contributed by atoms with Gasteiger partial charge < -0.3 is 4.90 Å². The van der Waals surface area contributed by atoms with Crippen LogP contribution in [-0.4, -0.2) is 23.4 Å². The Morgan fingerprint density at radius 3 is 2.30 bits per heavy atom. The molecule has 2 nitrogen and oxygen atoms in total. The molecule has 61 heavy (non-hydrogen) atoms. The van der Waals surface area contributed by atoms with Gasteiger partial charge in [0.2, 0.25) is 5.69 Å². The predicted octanol–water partition coefficient (Wildman–Crippen LogP) is 14.7. The van der Waals surface area contributed by atoms with E-state index in [-0.39, 0.29) is 10.8 Å². The van der Waals surface area contributed by atoms with E-state index in [1.54, 1.807) is 0 Å². The van der Waals surface area contributed by atoms with Crippen molar-refractivity contribution in [2.75, 3.05) is 18.0 Å². The number of hydrogen-bond donors (Lipinski definition) is 0. The SMILES string of the molecule is CCCCCCN1C(=CC=C2CCCC(C=CC3=[N+](CCCCCC)c4ccc5ccccc5c4C3(C)C)=C2Sc2ccccc2CC)C(C)(C)c2c1ccc1c2=CCCC=1. The summed E-state index contributed by atoms with van der Waals surface area (Å²) in [6, 6.07) is 27.7. The summed E-state index contributed by atoms with van der Waals surface area (Å²) >= 11 is 2.02. The zero-order valence-corrected chi connectivity index (χ0v) is 39.3. The third-order valence-electron chi connectivity index (χ3n) is 14.1. The molecule has 4 aromatic carbocycles. The molecule has 2 aliphatic carbocycles. The molecule has 0 spiro atoms. The van der Waals surface area contributed by atoms with Crippen molar-refractivity contribution < 1.29 is 4.58 Å². The van der Waals surface area contributed by atoms with Gasteiger partial charge >= 0.3 is 0 Å². The maximum Gasteiger partial charge on any atom is 0.210 e. The van der Waals surface area contributed by atoms with Crippen molar-refractivity contribution in [3.63, 3.8) is 0 Å². The largest absolute Gasteiger partial charge is 0.344 e. The van der Waals surface area contributed by atoms with Gasteiger partial charge in [0, 0.05) is 57.3 Å². The second-order valence-electron chi connectivity index (χ2n) is 19.0. The van der Waals surface area contributed by atoms with Crippen LogP contribution in [0.1, 0.15) is 149 Å². The predicted molar refractivity (Wildman–Crippen MR) is 267 cm³/mol. The van der Waals surface area contributed by atoms with Crippen LogP contribution in [0.3, 0.4) is 0 Å². The number of hydrogen-bond acceptors (Lipinski definition) is 2. The maximum atomic E-state index is 2.70. The fourth-order valence-electron chi connectivity index (χ4n) is 10.9. The van der Waals surface area contributed by atoms with Crippen LogP contribution < -0.4 is 15.3 Å². The van der Waals surface area contributed by atoms with E-state index >= 15 is 0 Å². The first-order valence-electron chi connectivity index (χ1n) is 24.1. The molecule has 8 rings (SSSR count). The molecule has 0 bridgehead atoms. The topological polar surface area (TPSA) is 6.25 Å². The second kappa shape index (κ2) is 19.0. The van der Waals surface area contributed by atoms with Gasteiger partial charge in [-0.2, -0.15) is 4.58 Å². The van der Waals surface area contributed by atoms with Crippen molar-refractivity contribution in [2.45, 2.75) is 154 Å². The quantitative estimate of drug-likeness (QED) is 0.0820. The van der Waals surface area contributed by atoms with Crippen molar-refractivity contribution in [3.05, 3.63) is 146 Å². The van der Waals surface area contributed by atoms with Crippen LogP contribution in [0.2, 0.25) is 0 Å². The van der Waals surface area contributed by atoms with Gasteiger partial charge in [0.05, 0.1) is 5.41 Å². The number of nitrogens with zero attached hydrogens (tertiary/aromatic N) is 2. The Balaban J connectivity index is 1.24. The molecule has 0 unspecified atom stereocenters. The van der Waals surface area contributed by atoms with E-state index in [2.05, 4.69) is 167 Å². The minimum absolute atomic E-state index is 0.0855. The van der Waals surface area contributed by atoms with E-state index in [1.165, 1.54) is 139 Å². The highest BCUT2D eigenvalue weighted by molar-refractivity contribution is 8.03. The highest BCUT2D eigenvalue weighted by atomic mass is 32.2. The van der Waals surface area contributed by atoms with Crippen LogP contribution >= 0.6 is 11.8 Å². The van der Waals surface area contributed by atoms with Crippen molar-refractivity contribution in [1.82, 2.24) is 0 Å². The van der Waals surface area contributed by atoms with Crippen LogP contribution in [-0.2, 0) is 17.3 Å². The highest BCUT2D eigenvalue weighted by Gasteiger charge is 2.45. The van der Waals surface area contributed by atoms with Crippen LogP contribution in [0, 0.1) is 0 Å². The first-order valence-corrected chi connectivity index (χ1v) is 24.9. The molecule has 0 aromatic heterocycles. The van der Waals surface area contributed by atoms with E-state index in [9.17, 15) is 0 Å². The van der Waals surface area contributed by atoms with Crippen LogP contribution in [0.4, 0.5) is 11.4 Å². The second-order valence-corrected chi connectivity index (χ2v) is 20.1. The number of thioether (sulfide) groups is 1. The van der Waals surface area contributed by atoms with Crippen molar-refractivity contribution in [2.24, 2.45) is 0 Å². The third-order valence-corrected chi connectivity index (χ3v) is 15.5. The summed E-state index contributed by atoms with van der Waals surface area (Å²) < 4.78 is 2.68. The van der Waals surface area contributed by atoms with Gasteiger partial charge in [-0.05, 0) is 133 Å². The molecule has 0 saturated carbocycles. The Labute approximate surface area is 372 Å². The summed E-state index contributed by atoms with van der Waals surface area (Å²) in [5.41, 5.74) is 12.9. The lowest BCUT2D eigenvalue weighted by Crippen LogP contribution is -2.35. The zero-order valence-electron chi connectivity index (χ0n) is 38.5. The Morgan fingerprint density at radius 1 is 0.705 bits per heavy atom.